The first-order valence-corrected chi connectivity index (χ1v) is 6.74. The summed E-state index contributed by atoms with van der Waals surface area (Å²) in [6, 6.07) is 5.97. The summed E-state index contributed by atoms with van der Waals surface area (Å²) in [6.07, 6.45) is 0.382. The summed E-state index contributed by atoms with van der Waals surface area (Å²) in [6.45, 7) is 3.67. The zero-order valence-electron chi connectivity index (χ0n) is 12.2. The molecule has 1 aliphatic heterocycles. The molecule has 0 radical (unpaired) electrons. The number of hydrogen-bond donors (Lipinski definition) is 2. The fraction of sp³-hybridized carbons (Fsp3) is 0.267. The molecule has 0 unspecified atom stereocenters. The van der Waals surface area contributed by atoms with E-state index in [1.807, 2.05) is 26.0 Å². The Morgan fingerprint density at radius 1 is 1.32 bits per heavy atom. The van der Waals surface area contributed by atoms with Crippen LogP contribution in [0.1, 0.15) is 19.4 Å². The van der Waals surface area contributed by atoms with Crippen LogP contribution in [0.2, 0.25) is 0 Å². The predicted molar refractivity (Wildman–Crippen MR) is 81.0 cm³/mol. The van der Waals surface area contributed by atoms with Crippen LogP contribution in [-0.4, -0.2) is 17.3 Å². The molecule has 0 aliphatic carbocycles. The Balaban J connectivity index is 2.15. The van der Waals surface area contributed by atoms with E-state index in [0.29, 0.717) is 23.5 Å². The van der Waals surface area contributed by atoms with Gasteiger partial charge in [0.05, 0.1) is 5.71 Å². The summed E-state index contributed by atoms with van der Waals surface area (Å²) in [4.78, 5) is 22.3. The third kappa shape index (κ3) is 2.41. The van der Waals surface area contributed by atoms with Crippen molar-refractivity contribution in [2.24, 2.45) is 10.8 Å². The van der Waals surface area contributed by atoms with Gasteiger partial charge in [-0.1, -0.05) is 0 Å². The fourth-order valence-electron chi connectivity index (χ4n) is 2.45. The van der Waals surface area contributed by atoms with Gasteiger partial charge in [-0.15, -0.1) is 0 Å². The minimum absolute atomic E-state index is 0.382. The number of carbonyl (C=O) groups excluding carboxylic acids is 1. The summed E-state index contributed by atoms with van der Waals surface area (Å²) in [5.41, 5.74) is 7.89. The van der Waals surface area contributed by atoms with Crippen molar-refractivity contribution in [3.05, 3.63) is 40.2 Å². The smallest absolute Gasteiger partial charge is 0.336 e. The van der Waals surface area contributed by atoms with Gasteiger partial charge in [0.2, 0.25) is 0 Å². The van der Waals surface area contributed by atoms with E-state index in [9.17, 15) is 9.59 Å². The molecule has 3 rings (SSSR count). The van der Waals surface area contributed by atoms with Crippen LogP contribution in [0.25, 0.3) is 11.0 Å². The molecule has 0 saturated carbocycles. The van der Waals surface area contributed by atoms with E-state index < -0.39 is 17.3 Å². The van der Waals surface area contributed by atoms with Crippen molar-refractivity contribution in [3.63, 3.8) is 0 Å². The topological polar surface area (TPSA) is 107 Å². The lowest BCUT2D eigenvalue weighted by Crippen LogP contribution is -2.44. The largest absolute Gasteiger partial charge is 0.481 e. The number of benzene rings is 1. The van der Waals surface area contributed by atoms with Gasteiger partial charge in [0.25, 0.3) is 0 Å². The quantitative estimate of drug-likeness (QED) is 0.615. The molecule has 3 N–H and O–H groups in total. The average Bonchev–Trinajstić information content (AvgIpc) is 2.44. The molecule has 7 nitrogen and oxygen atoms in total. The Kier molecular flexibility index (Phi) is 3.13. The maximum absolute atomic E-state index is 11.5. The maximum Gasteiger partial charge on any atom is 0.336 e. The van der Waals surface area contributed by atoms with Crippen LogP contribution in [-0.2, 0) is 6.42 Å². The summed E-state index contributed by atoms with van der Waals surface area (Å²) in [5.74, 6) is 0.630. The van der Waals surface area contributed by atoms with E-state index in [-0.39, 0.29) is 0 Å². The summed E-state index contributed by atoms with van der Waals surface area (Å²) >= 11 is 0. The molecule has 114 valence electrons. The number of carbonyl (C=O) groups is 1. The molecule has 1 aromatic heterocycles. The van der Waals surface area contributed by atoms with Crippen LogP contribution >= 0.6 is 0 Å². The van der Waals surface area contributed by atoms with Crippen molar-refractivity contribution in [1.29, 1.82) is 0 Å². The minimum atomic E-state index is -0.751. The Hall–Kier alpha value is -2.83. The number of urea groups is 1. The van der Waals surface area contributed by atoms with E-state index in [0.717, 1.165) is 10.9 Å². The third-order valence-corrected chi connectivity index (χ3v) is 3.55. The lowest BCUT2D eigenvalue weighted by atomic mass is 9.91. The highest BCUT2D eigenvalue weighted by atomic mass is 16.5. The van der Waals surface area contributed by atoms with Gasteiger partial charge in [0.1, 0.15) is 16.9 Å². The zero-order chi connectivity index (χ0) is 15.9. The second kappa shape index (κ2) is 4.87. The van der Waals surface area contributed by atoms with Gasteiger partial charge >= 0.3 is 11.7 Å². The van der Waals surface area contributed by atoms with Gasteiger partial charge in [-0.3, -0.25) is 0 Å². The Labute approximate surface area is 125 Å². The van der Waals surface area contributed by atoms with Crippen molar-refractivity contribution < 1.29 is 13.9 Å². The first-order chi connectivity index (χ1) is 10.4. The summed E-state index contributed by atoms with van der Waals surface area (Å²) < 4.78 is 11.2. The second-order valence-corrected chi connectivity index (χ2v) is 5.54. The normalized spacial score (nSPS) is 17.8. The number of fused-ring (bicyclic) bond motifs is 3. The Morgan fingerprint density at radius 3 is 2.77 bits per heavy atom. The molecule has 2 aromatic rings. The molecule has 1 aliphatic rings. The van der Waals surface area contributed by atoms with Gasteiger partial charge in [0.15, 0.2) is 0 Å². The van der Waals surface area contributed by atoms with Crippen LogP contribution in [0.15, 0.2) is 38.6 Å². The maximum atomic E-state index is 11.5. The highest BCUT2D eigenvalue weighted by molar-refractivity contribution is 5.99. The molecular formula is C15H15N3O4. The monoisotopic (exact) mass is 301 g/mol. The van der Waals surface area contributed by atoms with Crippen molar-refractivity contribution in [1.82, 2.24) is 5.43 Å². The number of nitrogens with zero attached hydrogens (tertiary/aromatic N) is 1. The number of hydrazone groups is 1. The predicted octanol–water partition coefficient (Wildman–Crippen LogP) is 1.53. The number of hydrogen-bond acceptors (Lipinski definition) is 5. The number of nitrogens with one attached hydrogen (secondary N) is 1. The van der Waals surface area contributed by atoms with E-state index in [4.69, 9.17) is 14.9 Å². The van der Waals surface area contributed by atoms with Gasteiger partial charge < -0.3 is 14.9 Å². The van der Waals surface area contributed by atoms with Crippen molar-refractivity contribution in [2.75, 3.05) is 0 Å². The minimum Gasteiger partial charge on any atom is -0.481 e. The molecular weight excluding hydrogens is 286 g/mol. The van der Waals surface area contributed by atoms with Crippen LogP contribution < -0.4 is 21.5 Å². The SMILES string of the molecule is CC1(C)Oc2ccc3ccc(=O)oc3c2C/C1=N/NC(N)=O. The second-order valence-electron chi connectivity index (χ2n) is 5.54. The van der Waals surface area contributed by atoms with E-state index in [1.165, 1.54) is 6.07 Å². The average molecular weight is 301 g/mol. The van der Waals surface area contributed by atoms with E-state index in [2.05, 4.69) is 10.5 Å². The van der Waals surface area contributed by atoms with Gasteiger partial charge in [-0.05, 0) is 32.0 Å². The Morgan fingerprint density at radius 2 is 2.05 bits per heavy atom. The highest BCUT2D eigenvalue weighted by Crippen LogP contribution is 2.35. The van der Waals surface area contributed by atoms with Crippen LogP contribution in [0, 0.1) is 0 Å². The lowest BCUT2D eigenvalue weighted by Gasteiger charge is -2.33. The summed E-state index contributed by atoms with van der Waals surface area (Å²) in [7, 11) is 0. The number of ether oxygens (including phenoxy) is 1. The first-order valence-electron chi connectivity index (χ1n) is 6.74. The number of rotatable bonds is 1. The Bertz CT molecular complexity index is 851. The molecule has 1 aromatic carbocycles. The lowest BCUT2D eigenvalue weighted by molar-refractivity contribution is 0.170. The first kappa shape index (κ1) is 14.1. The van der Waals surface area contributed by atoms with Crippen molar-refractivity contribution in [2.45, 2.75) is 25.9 Å². The molecule has 7 heteroatoms. The molecule has 22 heavy (non-hydrogen) atoms. The summed E-state index contributed by atoms with van der Waals surface area (Å²) in [5, 5.41) is 4.81. The van der Waals surface area contributed by atoms with Crippen molar-refractivity contribution in [3.8, 4) is 5.75 Å². The van der Waals surface area contributed by atoms with E-state index >= 15 is 0 Å². The van der Waals surface area contributed by atoms with Crippen LogP contribution in [0.5, 0.6) is 5.75 Å². The molecule has 0 atom stereocenters. The molecule has 0 spiro atoms. The van der Waals surface area contributed by atoms with Crippen molar-refractivity contribution >= 4 is 22.7 Å². The van der Waals surface area contributed by atoms with E-state index in [1.54, 1.807) is 6.07 Å². The number of primary amides is 1. The molecule has 0 saturated heterocycles. The van der Waals surface area contributed by atoms with Crippen LogP contribution in [0.3, 0.4) is 0 Å². The van der Waals surface area contributed by atoms with Gasteiger partial charge in [0, 0.05) is 23.4 Å². The highest BCUT2D eigenvalue weighted by Gasteiger charge is 2.35. The van der Waals surface area contributed by atoms with Gasteiger partial charge in [-0.2, -0.15) is 5.10 Å². The zero-order valence-corrected chi connectivity index (χ0v) is 12.2. The fourth-order valence-corrected chi connectivity index (χ4v) is 2.45. The molecule has 0 bridgehead atoms. The third-order valence-electron chi connectivity index (χ3n) is 3.55. The molecule has 0 fully saturated rings. The van der Waals surface area contributed by atoms with Crippen LogP contribution in [0.4, 0.5) is 4.79 Å². The molecule has 2 heterocycles. The number of nitrogens with two attached hydrogens (primary N) is 1. The standard InChI is InChI=1S/C15H15N3O4/c1-15(2)11(17-18-14(16)20)7-9-10(22-15)5-3-8-4-6-12(19)21-13(8)9/h3-6H,7H2,1-2H3,(H3,16,18,20)/b17-11-. The van der Waals surface area contributed by atoms with Gasteiger partial charge in [-0.25, -0.2) is 15.0 Å². The molecule has 2 amide bonds. The number of amides is 2.